The Kier molecular flexibility index (Phi) is 5.76. The van der Waals surface area contributed by atoms with Gasteiger partial charge < -0.3 is 4.57 Å². The molecule has 1 aliphatic rings. The first-order valence-electron chi connectivity index (χ1n) is 9.77. The number of carbonyl (C=O) groups is 2. The maximum Gasteiger partial charge on any atom is 0.261 e. The highest BCUT2D eigenvalue weighted by molar-refractivity contribution is 7.99. The van der Waals surface area contributed by atoms with Gasteiger partial charge in [-0.15, -0.1) is 10.2 Å². The quantitative estimate of drug-likeness (QED) is 0.320. The van der Waals surface area contributed by atoms with Crippen molar-refractivity contribution in [3.63, 3.8) is 0 Å². The maximum atomic E-state index is 12.4. The number of imide groups is 1. The largest absolute Gasteiger partial charge is 0.302 e. The van der Waals surface area contributed by atoms with Crippen LogP contribution >= 0.6 is 11.8 Å². The number of carbonyl (C=O) groups excluding carboxylic acids is 2. The number of hydrogen-bond acceptors (Lipinski definition) is 5. The van der Waals surface area contributed by atoms with Crippen molar-refractivity contribution in [2.24, 2.45) is 0 Å². The minimum absolute atomic E-state index is 0.184. The zero-order chi connectivity index (χ0) is 20.2. The first kappa shape index (κ1) is 19.4. The topological polar surface area (TPSA) is 68.1 Å². The number of thioether (sulfide) groups is 1. The third kappa shape index (κ3) is 3.82. The maximum absolute atomic E-state index is 12.4. The molecule has 29 heavy (non-hydrogen) atoms. The zero-order valence-electron chi connectivity index (χ0n) is 16.2. The van der Waals surface area contributed by atoms with Gasteiger partial charge in [-0.2, -0.15) is 0 Å². The molecule has 4 rings (SSSR count). The average molecular weight is 407 g/mol. The van der Waals surface area contributed by atoms with Gasteiger partial charge in [-0.25, -0.2) is 0 Å². The molecule has 2 aromatic carbocycles. The summed E-state index contributed by atoms with van der Waals surface area (Å²) < 4.78 is 2.12. The molecule has 0 N–H and O–H groups in total. The van der Waals surface area contributed by atoms with E-state index >= 15 is 0 Å². The lowest BCUT2D eigenvalue weighted by Gasteiger charge is -2.13. The fraction of sp³-hybridized carbons (Fsp3) is 0.273. The van der Waals surface area contributed by atoms with E-state index in [-0.39, 0.29) is 11.8 Å². The van der Waals surface area contributed by atoms with E-state index in [2.05, 4.69) is 21.7 Å². The van der Waals surface area contributed by atoms with Crippen LogP contribution in [0, 0.1) is 0 Å². The fourth-order valence-electron chi connectivity index (χ4n) is 3.46. The van der Waals surface area contributed by atoms with E-state index in [9.17, 15) is 9.59 Å². The predicted molar refractivity (Wildman–Crippen MR) is 113 cm³/mol. The zero-order valence-corrected chi connectivity index (χ0v) is 17.1. The number of benzene rings is 2. The van der Waals surface area contributed by atoms with Gasteiger partial charge in [0, 0.05) is 24.4 Å². The van der Waals surface area contributed by atoms with Crippen molar-refractivity contribution >= 4 is 23.6 Å². The van der Waals surface area contributed by atoms with Crippen LogP contribution in [0.25, 0.3) is 11.4 Å². The molecule has 7 heteroatoms. The molecule has 0 unspecified atom stereocenters. The second-order valence-corrected chi connectivity index (χ2v) is 7.84. The Hall–Kier alpha value is -2.93. The average Bonchev–Trinajstić information content (AvgIpc) is 3.28. The van der Waals surface area contributed by atoms with Crippen LogP contribution in [0.5, 0.6) is 0 Å². The second kappa shape index (κ2) is 8.61. The van der Waals surface area contributed by atoms with Crippen molar-refractivity contribution < 1.29 is 9.59 Å². The van der Waals surface area contributed by atoms with Gasteiger partial charge in [0.2, 0.25) is 0 Å². The highest BCUT2D eigenvalue weighted by Gasteiger charge is 2.34. The number of unbranched alkanes of at least 4 members (excludes halogenated alkanes) is 1. The van der Waals surface area contributed by atoms with Crippen LogP contribution in [-0.2, 0) is 6.54 Å². The van der Waals surface area contributed by atoms with Crippen LogP contribution in [0.4, 0.5) is 0 Å². The molecule has 0 bridgehead atoms. The highest BCUT2D eigenvalue weighted by Crippen LogP contribution is 2.25. The predicted octanol–water partition coefficient (Wildman–Crippen LogP) is 4.13. The number of fused-ring (bicyclic) bond motifs is 1. The number of rotatable bonds is 8. The summed E-state index contributed by atoms with van der Waals surface area (Å²) in [7, 11) is 0. The van der Waals surface area contributed by atoms with Crippen molar-refractivity contribution in [2.75, 3.05) is 12.3 Å². The van der Waals surface area contributed by atoms with E-state index < -0.39 is 0 Å². The molecule has 3 aromatic rings. The summed E-state index contributed by atoms with van der Waals surface area (Å²) in [6, 6.07) is 17.1. The number of nitrogens with zero attached hydrogens (tertiary/aromatic N) is 4. The van der Waals surface area contributed by atoms with E-state index in [4.69, 9.17) is 0 Å². The van der Waals surface area contributed by atoms with Crippen molar-refractivity contribution in [1.29, 1.82) is 0 Å². The molecule has 6 nitrogen and oxygen atoms in total. The van der Waals surface area contributed by atoms with Crippen LogP contribution in [0.2, 0.25) is 0 Å². The lowest BCUT2D eigenvalue weighted by Crippen LogP contribution is -2.30. The third-order valence-electron chi connectivity index (χ3n) is 4.95. The molecule has 0 radical (unpaired) electrons. The Bertz CT molecular complexity index is 997. The Labute approximate surface area is 173 Å². The standard InChI is InChI=1S/C22H22N4O2S/c1-2-25-19(16-10-4-3-5-11-16)23-24-22(25)29-15-9-8-14-26-20(27)17-12-6-7-13-18(17)21(26)28/h3-7,10-13H,2,8-9,14-15H2,1H3. The lowest BCUT2D eigenvalue weighted by atomic mass is 10.1. The van der Waals surface area contributed by atoms with Crippen LogP contribution in [0.1, 0.15) is 40.5 Å². The molecule has 0 spiro atoms. The number of hydrogen-bond donors (Lipinski definition) is 0. The summed E-state index contributed by atoms with van der Waals surface area (Å²) in [5, 5.41) is 9.60. The van der Waals surface area contributed by atoms with E-state index in [1.807, 2.05) is 30.3 Å². The Balaban J connectivity index is 1.30. The van der Waals surface area contributed by atoms with Crippen LogP contribution in [0.3, 0.4) is 0 Å². The molecule has 0 saturated carbocycles. The Morgan fingerprint density at radius 3 is 2.17 bits per heavy atom. The summed E-state index contributed by atoms with van der Waals surface area (Å²) in [6.45, 7) is 3.33. The smallest absolute Gasteiger partial charge is 0.261 e. The van der Waals surface area contributed by atoms with Crippen molar-refractivity contribution in [3.8, 4) is 11.4 Å². The monoisotopic (exact) mass is 406 g/mol. The van der Waals surface area contributed by atoms with Gasteiger partial charge in [0.05, 0.1) is 11.1 Å². The van der Waals surface area contributed by atoms with Crippen molar-refractivity contribution in [1.82, 2.24) is 19.7 Å². The summed E-state index contributed by atoms with van der Waals surface area (Å²) in [5.74, 6) is 1.37. The number of aromatic nitrogens is 3. The molecule has 1 aliphatic heterocycles. The molecule has 2 heterocycles. The summed E-state index contributed by atoms with van der Waals surface area (Å²) >= 11 is 1.66. The van der Waals surface area contributed by atoms with Crippen molar-refractivity contribution in [2.45, 2.75) is 31.5 Å². The first-order valence-corrected chi connectivity index (χ1v) is 10.8. The van der Waals surface area contributed by atoms with E-state index in [1.165, 1.54) is 4.90 Å². The number of amides is 2. The molecular weight excluding hydrogens is 384 g/mol. The second-order valence-electron chi connectivity index (χ2n) is 6.78. The van der Waals surface area contributed by atoms with Gasteiger partial charge in [-0.3, -0.25) is 14.5 Å². The molecule has 0 fully saturated rings. The van der Waals surface area contributed by atoms with Gasteiger partial charge in [-0.1, -0.05) is 54.2 Å². The normalized spacial score (nSPS) is 13.2. The molecular formula is C22H22N4O2S. The Morgan fingerprint density at radius 2 is 1.52 bits per heavy atom. The summed E-state index contributed by atoms with van der Waals surface area (Å²) in [5.41, 5.74) is 2.08. The fourth-order valence-corrected chi connectivity index (χ4v) is 4.46. The lowest BCUT2D eigenvalue weighted by molar-refractivity contribution is 0.0652. The first-order chi connectivity index (χ1) is 14.2. The third-order valence-corrected chi connectivity index (χ3v) is 6.00. The SMILES string of the molecule is CCn1c(SCCCCN2C(=O)c3ccccc3C2=O)nnc1-c1ccccc1. The van der Waals surface area contributed by atoms with Gasteiger partial charge in [0.1, 0.15) is 0 Å². The molecule has 1 aromatic heterocycles. The van der Waals surface area contributed by atoms with Crippen LogP contribution in [-0.4, -0.2) is 43.8 Å². The van der Waals surface area contributed by atoms with E-state index in [1.54, 1.807) is 36.0 Å². The van der Waals surface area contributed by atoms with Gasteiger partial charge >= 0.3 is 0 Å². The molecule has 2 amide bonds. The molecule has 0 atom stereocenters. The van der Waals surface area contributed by atoms with E-state index in [0.29, 0.717) is 17.7 Å². The van der Waals surface area contributed by atoms with Crippen LogP contribution < -0.4 is 0 Å². The minimum Gasteiger partial charge on any atom is -0.302 e. The highest BCUT2D eigenvalue weighted by atomic mass is 32.2. The Morgan fingerprint density at radius 1 is 0.862 bits per heavy atom. The molecule has 148 valence electrons. The summed E-state index contributed by atoms with van der Waals surface area (Å²) in [4.78, 5) is 26.1. The van der Waals surface area contributed by atoms with Crippen LogP contribution in [0.15, 0.2) is 59.8 Å². The van der Waals surface area contributed by atoms with Gasteiger partial charge in [0.25, 0.3) is 11.8 Å². The van der Waals surface area contributed by atoms with Crippen molar-refractivity contribution in [3.05, 3.63) is 65.7 Å². The minimum atomic E-state index is -0.184. The van der Waals surface area contributed by atoms with E-state index in [0.717, 1.165) is 41.7 Å². The summed E-state index contributed by atoms with van der Waals surface area (Å²) in [6.07, 6.45) is 1.65. The van der Waals surface area contributed by atoms with Gasteiger partial charge in [-0.05, 0) is 31.9 Å². The van der Waals surface area contributed by atoms with Gasteiger partial charge in [0.15, 0.2) is 11.0 Å². The molecule has 0 aliphatic carbocycles. The molecule has 0 saturated heterocycles.